The molecule has 1 rings (SSSR count). The minimum atomic E-state index is 0.122. The summed E-state index contributed by atoms with van der Waals surface area (Å²) in [6.07, 6.45) is 0.573. The number of ether oxygens (including phenoxy) is 1. The molecule has 0 saturated carbocycles. The van der Waals surface area contributed by atoms with Crippen LogP contribution in [0.4, 0.5) is 0 Å². The van der Waals surface area contributed by atoms with Crippen molar-refractivity contribution in [3.63, 3.8) is 0 Å². The standard InChI is InChI=1S/C8H16N2O2/c1-10(2)4-3-8(11)9-7-5-12-6-7/h7H,3-6H2,1-2H3,(H,9,11). The predicted molar refractivity (Wildman–Crippen MR) is 45.9 cm³/mol. The highest BCUT2D eigenvalue weighted by Crippen LogP contribution is 1.99. The van der Waals surface area contributed by atoms with Gasteiger partial charge in [-0.3, -0.25) is 4.79 Å². The molecule has 0 radical (unpaired) electrons. The quantitative estimate of drug-likeness (QED) is 0.619. The van der Waals surface area contributed by atoms with Crippen molar-refractivity contribution in [2.24, 2.45) is 0 Å². The summed E-state index contributed by atoms with van der Waals surface area (Å²) in [7, 11) is 3.92. The average Bonchev–Trinajstić information content (AvgIpc) is 1.93. The zero-order chi connectivity index (χ0) is 8.97. The van der Waals surface area contributed by atoms with Crippen molar-refractivity contribution in [1.29, 1.82) is 0 Å². The molecular weight excluding hydrogens is 156 g/mol. The fraction of sp³-hybridized carbons (Fsp3) is 0.875. The Morgan fingerprint density at radius 3 is 2.67 bits per heavy atom. The third kappa shape index (κ3) is 3.19. The highest BCUT2D eigenvalue weighted by Gasteiger charge is 2.19. The molecule has 0 bridgehead atoms. The smallest absolute Gasteiger partial charge is 0.221 e. The van der Waals surface area contributed by atoms with E-state index in [2.05, 4.69) is 5.32 Å². The highest BCUT2D eigenvalue weighted by atomic mass is 16.5. The van der Waals surface area contributed by atoms with Gasteiger partial charge in [0.25, 0.3) is 0 Å². The fourth-order valence-electron chi connectivity index (χ4n) is 0.944. The molecule has 1 saturated heterocycles. The molecule has 0 aromatic carbocycles. The Labute approximate surface area is 72.9 Å². The third-order valence-electron chi connectivity index (χ3n) is 1.79. The molecule has 0 aliphatic carbocycles. The fourth-order valence-corrected chi connectivity index (χ4v) is 0.944. The SMILES string of the molecule is CN(C)CCC(=O)NC1COC1. The number of amides is 1. The minimum absolute atomic E-state index is 0.122. The van der Waals surface area contributed by atoms with Crippen molar-refractivity contribution < 1.29 is 9.53 Å². The van der Waals surface area contributed by atoms with Gasteiger partial charge in [0.05, 0.1) is 19.3 Å². The molecule has 1 heterocycles. The summed E-state index contributed by atoms with van der Waals surface area (Å²) in [6.45, 7) is 2.15. The highest BCUT2D eigenvalue weighted by molar-refractivity contribution is 5.76. The van der Waals surface area contributed by atoms with E-state index in [4.69, 9.17) is 4.74 Å². The zero-order valence-electron chi connectivity index (χ0n) is 7.67. The first-order valence-corrected chi connectivity index (χ1v) is 4.20. The largest absolute Gasteiger partial charge is 0.377 e. The van der Waals surface area contributed by atoms with E-state index in [0.29, 0.717) is 19.6 Å². The van der Waals surface area contributed by atoms with E-state index in [1.165, 1.54) is 0 Å². The van der Waals surface area contributed by atoms with Crippen LogP contribution in [-0.4, -0.2) is 50.7 Å². The summed E-state index contributed by atoms with van der Waals surface area (Å²) in [4.78, 5) is 13.2. The van der Waals surface area contributed by atoms with Gasteiger partial charge >= 0.3 is 0 Å². The summed E-state index contributed by atoms with van der Waals surface area (Å²) in [5.41, 5.74) is 0. The molecule has 0 unspecified atom stereocenters. The van der Waals surface area contributed by atoms with Crippen molar-refractivity contribution in [2.75, 3.05) is 33.9 Å². The molecule has 12 heavy (non-hydrogen) atoms. The van der Waals surface area contributed by atoms with Crippen molar-refractivity contribution in [2.45, 2.75) is 12.5 Å². The van der Waals surface area contributed by atoms with Crippen LogP contribution in [0.5, 0.6) is 0 Å². The van der Waals surface area contributed by atoms with Crippen LogP contribution in [0.1, 0.15) is 6.42 Å². The van der Waals surface area contributed by atoms with Gasteiger partial charge in [-0.2, -0.15) is 0 Å². The van der Waals surface area contributed by atoms with Gasteiger partial charge in [-0.1, -0.05) is 0 Å². The first-order chi connectivity index (χ1) is 5.68. The number of hydrogen-bond acceptors (Lipinski definition) is 3. The summed E-state index contributed by atoms with van der Waals surface area (Å²) < 4.78 is 4.94. The molecule has 4 nitrogen and oxygen atoms in total. The van der Waals surface area contributed by atoms with E-state index in [-0.39, 0.29) is 11.9 Å². The second kappa shape index (κ2) is 4.42. The maximum absolute atomic E-state index is 11.2. The number of carbonyl (C=O) groups excluding carboxylic acids is 1. The second-order valence-electron chi connectivity index (χ2n) is 3.36. The van der Waals surface area contributed by atoms with Crippen LogP contribution in [0.2, 0.25) is 0 Å². The summed E-state index contributed by atoms with van der Waals surface area (Å²) in [5, 5.41) is 2.88. The molecule has 1 aliphatic rings. The monoisotopic (exact) mass is 172 g/mol. The van der Waals surface area contributed by atoms with Crippen LogP contribution in [0.3, 0.4) is 0 Å². The first kappa shape index (κ1) is 9.48. The topological polar surface area (TPSA) is 41.6 Å². The zero-order valence-corrected chi connectivity index (χ0v) is 7.67. The summed E-state index contributed by atoms with van der Waals surface area (Å²) in [5.74, 6) is 0.122. The van der Waals surface area contributed by atoms with Crippen molar-refractivity contribution in [1.82, 2.24) is 10.2 Å². The van der Waals surface area contributed by atoms with Crippen LogP contribution in [0, 0.1) is 0 Å². The Balaban J connectivity index is 2.03. The summed E-state index contributed by atoms with van der Waals surface area (Å²) >= 11 is 0. The molecule has 4 heteroatoms. The lowest BCUT2D eigenvalue weighted by molar-refractivity contribution is -0.125. The molecule has 1 N–H and O–H groups in total. The van der Waals surface area contributed by atoms with E-state index in [1.807, 2.05) is 19.0 Å². The van der Waals surface area contributed by atoms with Crippen LogP contribution in [0.15, 0.2) is 0 Å². The minimum Gasteiger partial charge on any atom is -0.377 e. The number of rotatable bonds is 4. The van der Waals surface area contributed by atoms with Gasteiger partial charge in [0.15, 0.2) is 0 Å². The van der Waals surface area contributed by atoms with Gasteiger partial charge < -0.3 is 15.0 Å². The third-order valence-corrected chi connectivity index (χ3v) is 1.79. The molecule has 0 atom stereocenters. The van der Waals surface area contributed by atoms with Crippen molar-refractivity contribution in [3.8, 4) is 0 Å². The lowest BCUT2D eigenvalue weighted by Crippen LogP contribution is -2.48. The molecule has 1 fully saturated rings. The first-order valence-electron chi connectivity index (χ1n) is 4.20. The van der Waals surface area contributed by atoms with Crippen LogP contribution in [-0.2, 0) is 9.53 Å². The molecule has 1 aliphatic heterocycles. The predicted octanol–water partition coefficient (Wildman–Crippen LogP) is -0.547. The number of nitrogens with one attached hydrogen (secondary N) is 1. The summed E-state index contributed by atoms with van der Waals surface area (Å²) in [6, 6.07) is 0.264. The van der Waals surface area contributed by atoms with Gasteiger partial charge in [-0.25, -0.2) is 0 Å². The molecule has 0 aromatic heterocycles. The number of nitrogens with zero attached hydrogens (tertiary/aromatic N) is 1. The molecular formula is C8H16N2O2. The molecule has 1 amide bonds. The number of carbonyl (C=O) groups is 1. The van der Waals surface area contributed by atoms with Gasteiger partial charge in [0.2, 0.25) is 5.91 Å². The molecule has 0 aromatic rings. The molecule has 70 valence electrons. The van der Waals surface area contributed by atoms with Crippen molar-refractivity contribution in [3.05, 3.63) is 0 Å². The van der Waals surface area contributed by atoms with E-state index in [9.17, 15) is 4.79 Å². The Hall–Kier alpha value is -0.610. The Kier molecular flexibility index (Phi) is 3.49. The maximum Gasteiger partial charge on any atom is 0.221 e. The normalized spacial score (nSPS) is 17.6. The van der Waals surface area contributed by atoms with Gasteiger partial charge in [-0.15, -0.1) is 0 Å². The van der Waals surface area contributed by atoms with Gasteiger partial charge in [0, 0.05) is 13.0 Å². The maximum atomic E-state index is 11.2. The van der Waals surface area contributed by atoms with E-state index < -0.39 is 0 Å². The number of hydrogen-bond donors (Lipinski definition) is 1. The lowest BCUT2D eigenvalue weighted by atomic mass is 10.2. The van der Waals surface area contributed by atoms with Gasteiger partial charge in [-0.05, 0) is 14.1 Å². The Morgan fingerprint density at radius 1 is 1.58 bits per heavy atom. The van der Waals surface area contributed by atoms with Crippen LogP contribution >= 0.6 is 0 Å². The van der Waals surface area contributed by atoms with E-state index in [0.717, 1.165) is 6.54 Å². The lowest BCUT2D eigenvalue weighted by Gasteiger charge is -2.26. The molecule has 0 spiro atoms. The van der Waals surface area contributed by atoms with Crippen LogP contribution < -0.4 is 5.32 Å². The van der Waals surface area contributed by atoms with E-state index in [1.54, 1.807) is 0 Å². The van der Waals surface area contributed by atoms with Crippen molar-refractivity contribution >= 4 is 5.91 Å². The average molecular weight is 172 g/mol. The Bertz CT molecular complexity index is 155. The van der Waals surface area contributed by atoms with E-state index >= 15 is 0 Å². The van der Waals surface area contributed by atoms with Gasteiger partial charge in [0.1, 0.15) is 0 Å². The second-order valence-corrected chi connectivity index (χ2v) is 3.36. The van der Waals surface area contributed by atoms with Crippen LogP contribution in [0.25, 0.3) is 0 Å². The Morgan fingerprint density at radius 2 is 2.25 bits per heavy atom.